The van der Waals surface area contributed by atoms with Crippen molar-refractivity contribution in [3.63, 3.8) is 0 Å². The average molecular weight is 301 g/mol. The van der Waals surface area contributed by atoms with Gasteiger partial charge in [0, 0.05) is 18.2 Å². The van der Waals surface area contributed by atoms with E-state index in [1.807, 2.05) is 18.2 Å². The molecule has 0 bridgehead atoms. The lowest BCUT2D eigenvalue weighted by Crippen LogP contribution is -2.19. The van der Waals surface area contributed by atoms with Crippen LogP contribution in [0.5, 0.6) is 0 Å². The predicted molar refractivity (Wildman–Crippen MR) is 85.0 cm³/mol. The Bertz CT molecular complexity index is 666. The Morgan fingerprint density at radius 3 is 2.57 bits per heavy atom. The molecule has 0 spiro atoms. The van der Waals surface area contributed by atoms with E-state index in [0.29, 0.717) is 16.4 Å². The predicted octanol–water partition coefficient (Wildman–Crippen LogP) is 3.72. The van der Waals surface area contributed by atoms with E-state index in [-0.39, 0.29) is 11.3 Å². The van der Waals surface area contributed by atoms with Crippen LogP contribution in [0.4, 0.5) is 0 Å². The highest BCUT2D eigenvalue weighted by atomic mass is 32.1. The van der Waals surface area contributed by atoms with Crippen LogP contribution in [-0.4, -0.2) is 9.74 Å². The third kappa shape index (κ3) is 3.32. The van der Waals surface area contributed by atoms with Crippen molar-refractivity contribution >= 4 is 17.3 Å². The maximum absolute atomic E-state index is 12.4. The largest absolute Gasteiger partial charge is 0.288 e. The van der Waals surface area contributed by atoms with E-state index in [9.17, 15) is 9.59 Å². The second-order valence-electron chi connectivity index (χ2n) is 5.70. The highest BCUT2D eigenvalue weighted by Gasteiger charge is 2.18. The molecule has 1 heterocycles. The molecule has 1 aliphatic rings. The zero-order chi connectivity index (χ0) is 14.7. The van der Waals surface area contributed by atoms with Crippen LogP contribution in [0.3, 0.4) is 0 Å². The second kappa shape index (κ2) is 6.39. The smallest absolute Gasteiger partial charge is 0.261 e. The maximum Gasteiger partial charge on any atom is 0.261 e. The van der Waals surface area contributed by atoms with Gasteiger partial charge in [-0.3, -0.25) is 13.5 Å². The summed E-state index contributed by atoms with van der Waals surface area (Å²) in [4.78, 5) is 25.0. The monoisotopic (exact) mass is 301 g/mol. The molecule has 1 aliphatic carbocycles. The van der Waals surface area contributed by atoms with Crippen molar-refractivity contribution < 1.29 is 4.79 Å². The highest BCUT2D eigenvalue weighted by Crippen LogP contribution is 2.25. The van der Waals surface area contributed by atoms with Crippen molar-refractivity contribution in [3.8, 4) is 0 Å². The summed E-state index contributed by atoms with van der Waals surface area (Å²) in [5, 5.41) is 0. The van der Waals surface area contributed by atoms with Gasteiger partial charge in [0.25, 0.3) is 5.56 Å². The van der Waals surface area contributed by atoms with Gasteiger partial charge in [0.15, 0.2) is 0 Å². The summed E-state index contributed by atoms with van der Waals surface area (Å²) >= 11 is 1.31. The minimum absolute atomic E-state index is 0.0372. The number of hydrogen-bond donors (Lipinski definition) is 0. The van der Waals surface area contributed by atoms with Crippen LogP contribution in [0.1, 0.15) is 47.3 Å². The number of nitrogens with zero attached hydrogens (tertiary/aromatic N) is 1. The topological polar surface area (TPSA) is 39.1 Å². The van der Waals surface area contributed by atoms with Crippen molar-refractivity contribution in [2.45, 2.75) is 38.6 Å². The van der Waals surface area contributed by atoms with E-state index in [2.05, 4.69) is 0 Å². The maximum atomic E-state index is 12.4. The minimum Gasteiger partial charge on any atom is -0.288 e. The normalized spacial score (nSPS) is 16.0. The number of hydrogen-bond acceptors (Lipinski definition) is 3. The Labute approximate surface area is 128 Å². The molecule has 3 rings (SSSR count). The standard InChI is InChI=1S/C17H19NO2S/c19-16-11-15(17(20)14-9-5-2-6-10-14)21-18(16)12-13-7-3-1-4-8-13/h2,5-6,9-11,13H,1,3-4,7-8,12H2. The molecule has 0 aliphatic heterocycles. The molecule has 4 heteroatoms. The summed E-state index contributed by atoms with van der Waals surface area (Å²) in [6.07, 6.45) is 6.24. The Balaban J connectivity index is 1.78. The molecule has 2 aromatic rings. The van der Waals surface area contributed by atoms with Crippen molar-refractivity contribution in [2.75, 3.05) is 0 Å². The van der Waals surface area contributed by atoms with Crippen molar-refractivity contribution in [2.24, 2.45) is 5.92 Å². The first-order valence-corrected chi connectivity index (χ1v) is 8.32. The number of carbonyl (C=O) groups excluding carboxylic acids is 1. The molecule has 1 aromatic heterocycles. The summed E-state index contributed by atoms with van der Waals surface area (Å²) in [7, 11) is 0. The lowest BCUT2D eigenvalue weighted by atomic mass is 9.89. The SMILES string of the molecule is O=C(c1ccccc1)c1cc(=O)n(CC2CCCCC2)s1. The molecule has 0 N–H and O–H groups in total. The third-order valence-corrected chi connectivity index (χ3v) is 5.17. The Kier molecular flexibility index (Phi) is 4.34. The molecule has 1 aromatic carbocycles. The number of aromatic nitrogens is 1. The number of ketones is 1. The molecular formula is C17H19NO2S. The fraction of sp³-hybridized carbons (Fsp3) is 0.412. The summed E-state index contributed by atoms with van der Waals surface area (Å²) in [6.45, 7) is 0.769. The van der Waals surface area contributed by atoms with Crippen LogP contribution in [0.25, 0.3) is 0 Å². The molecule has 0 amide bonds. The van der Waals surface area contributed by atoms with Gasteiger partial charge in [-0.05, 0) is 18.8 Å². The first kappa shape index (κ1) is 14.3. The molecule has 21 heavy (non-hydrogen) atoms. The van der Waals surface area contributed by atoms with Crippen molar-refractivity contribution in [3.05, 3.63) is 57.2 Å². The molecule has 0 saturated heterocycles. The number of rotatable bonds is 4. The minimum atomic E-state index is -0.0555. The third-order valence-electron chi connectivity index (χ3n) is 4.12. The van der Waals surface area contributed by atoms with E-state index in [4.69, 9.17) is 0 Å². The molecule has 1 saturated carbocycles. The van der Waals surface area contributed by atoms with E-state index < -0.39 is 0 Å². The van der Waals surface area contributed by atoms with Crippen LogP contribution in [0.15, 0.2) is 41.2 Å². The van der Waals surface area contributed by atoms with E-state index in [1.165, 1.54) is 49.7 Å². The zero-order valence-corrected chi connectivity index (χ0v) is 12.8. The highest BCUT2D eigenvalue weighted by molar-refractivity contribution is 7.08. The Hall–Kier alpha value is -1.68. The van der Waals surface area contributed by atoms with Crippen LogP contribution in [-0.2, 0) is 6.54 Å². The summed E-state index contributed by atoms with van der Waals surface area (Å²) in [5.41, 5.74) is 0.605. The number of benzene rings is 1. The van der Waals surface area contributed by atoms with E-state index >= 15 is 0 Å². The zero-order valence-electron chi connectivity index (χ0n) is 12.0. The van der Waals surface area contributed by atoms with Gasteiger partial charge in [0.2, 0.25) is 5.78 Å². The molecule has 3 nitrogen and oxygen atoms in total. The van der Waals surface area contributed by atoms with Gasteiger partial charge in [0.05, 0.1) is 4.88 Å². The lowest BCUT2D eigenvalue weighted by molar-refractivity contribution is 0.104. The summed E-state index contributed by atoms with van der Waals surface area (Å²) in [5.74, 6) is 0.537. The first-order chi connectivity index (χ1) is 10.2. The van der Waals surface area contributed by atoms with Gasteiger partial charge in [-0.2, -0.15) is 0 Å². The first-order valence-electron chi connectivity index (χ1n) is 7.55. The molecule has 110 valence electrons. The Morgan fingerprint density at radius 1 is 1.14 bits per heavy atom. The second-order valence-corrected chi connectivity index (χ2v) is 6.76. The van der Waals surface area contributed by atoms with Gasteiger partial charge >= 0.3 is 0 Å². The summed E-state index contributed by atoms with van der Waals surface area (Å²) < 4.78 is 1.76. The lowest BCUT2D eigenvalue weighted by Gasteiger charge is -2.20. The molecule has 0 radical (unpaired) electrons. The average Bonchev–Trinajstić information content (AvgIpc) is 2.89. The molecule has 0 unspecified atom stereocenters. The number of carbonyl (C=O) groups is 1. The van der Waals surface area contributed by atoms with E-state index in [1.54, 1.807) is 16.1 Å². The van der Waals surface area contributed by atoms with Crippen molar-refractivity contribution in [1.82, 2.24) is 3.96 Å². The van der Waals surface area contributed by atoms with Gasteiger partial charge in [-0.25, -0.2) is 0 Å². The molecule has 1 fully saturated rings. The fourth-order valence-corrected chi connectivity index (χ4v) is 3.96. The molecule has 0 atom stereocenters. The van der Waals surface area contributed by atoms with Crippen LogP contribution in [0.2, 0.25) is 0 Å². The summed E-state index contributed by atoms with van der Waals surface area (Å²) in [6, 6.07) is 10.6. The molecular weight excluding hydrogens is 282 g/mol. The van der Waals surface area contributed by atoms with Gasteiger partial charge in [-0.1, -0.05) is 61.1 Å². The Morgan fingerprint density at radius 2 is 1.86 bits per heavy atom. The van der Waals surface area contributed by atoms with Gasteiger partial charge in [0.1, 0.15) is 0 Å². The van der Waals surface area contributed by atoms with Crippen LogP contribution >= 0.6 is 11.5 Å². The van der Waals surface area contributed by atoms with Gasteiger partial charge < -0.3 is 0 Å². The quantitative estimate of drug-likeness (QED) is 0.807. The van der Waals surface area contributed by atoms with Gasteiger partial charge in [-0.15, -0.1) is 0 Å². The van der Waals surface area contributed by atoms with Crippen LogP contribution in [0, 0.1) is 5.92 Å². The van der Waals surface area contributed by atoms with Crippen LogP contribution < -0.4 is 5.56 Å². The van der Waals surface area contributed by atoms with Crippen molar-refractivity contribution in [1.29, 1.82) is 0 Å². The van der Waals surface area contributed by atoms with E-state index in [0.717, 1.165) is 6.54 Å². The fourth-order valence-electron chi connectivity index (χ4n) is 2.94.